The quantitative estimate of drug-likeness (QED) is 0.619. The van der Waals surface area contributed by atoms with E-state index in [9.17, 15) is 18.0 Å². The maximum atomic E-state index is 12.8. The number of anilines is 1. The molecule has 3 N–H and O–H groups in total. The largest absolute Gasteiger partial charge is 0.416 e. The minimum Gasteiger partial charge on any atom is -0.341 e. The number of nitrogens with zero attached hydrogens (tertiary/aromatic N) is 1. The molecule has 0 spiro atoms. The number of fused-ring (bicyclic) bond motifs is 1. The van der Waals surface area contributed by atoms with E-state index in [1.807, 2.05) is 28.8 Å². The van der Waals surface area contributed by atoms with Gasteiger partial charge in [-0.3, -0.25) is 10.2 Å². The molecule has 0 unspecified atom stereocenters. The fraction of sp³-hybridized carbons (Fsp3) is 0.0952. The van der Waals surface area contributed by atoms with Gasteiger partial charge in [0.1, 0.15) is 5.70 Å². The van der Waals surface area contributed by atoms with Gasteiger partial charge in [-0.2, -0.15) is 13.2 Å². The van der Waals surface area contributed by atoms with Gasteiger partial charge in [0, 0.05) is 24.3 Å². The number of alkyl halides is 3. The lowest BCUT2D eigenvalue weighted by molar-refractivity contribution is -0.137. The Hall–Kier alpha value is -3.68. The molecule has 0 aliphatic carbocycles. The molecule has 2 heterocycles. The molecule has 4 rings (SSSR count). The van der Waals surface area contributed by atoms with Crippen LogP contribution in [-0.2, 0) is 17.5 Å². The number of halogens is 3. The lowest BCUT2D eigenvalue weighted by Gasteiger charge is -2.12. The molecule has 1 aliphatic heterocycles. The number of rotatable bonds is 4. The maximum absolute atomic E-state index is 12.8. The van der Waals surface area contributed by atoms with Crippen molar-refractivity contribution >= 4 is 22.5 Å². The number of carbonyl (C=O) groups excluding carboxylic acids is 1. The summed E-state index contributed by atoms with van der Waals surface area (Å²) in [5, 5.41) is 3.72. The summed E-state index contributed by atoms with van der Waals surface area (Å²) in [7, 11) is 0. The van der Waals surface area contributed by atoms with Crippen molar-refractivity contribution < 1.29 is 18.0 Å². The number of aromatic nitrogens is 1. The van der Waals surface area contributed by atoms with E-state index in [1.54, 1.807) is 24.5 Å². The highest BCUT2D eigenvalue weighted by atomic mass is 19.4. The molecule has 148 valence electrons. The molecule has 5 nitrogen and oxygen atoms in total. The van der Waals surface area contributed by atoms with Gasteiger partial charge in [-0.15, -0.1) is 0 Å². The molecular weight excluding hydrogens is 381 g/mol. The summed E-state index contributed by atoms with van der Waals surface area (Å²) in [5.74, 6) is -0.306. The van der Waals surface area contributed by atoms with Crippen LogP contribution in [0.2, 0.25) is 0 Å². The van der Waals surface area contributed by atoms with E-state index in [0.29, 0.717) is 17.9 Å². The van der Waals surface area contributed by atoms with Crippen LogP contribution in [0.4, 0.5) is 18.9 Å². The van der Waals surface area contributed by atoms with Gasteiger partial charge in [0.25, 0.3) is 5.91 Å². The number of amides is 1. The smallest absolute Gasteiger partial charge is 0.341 e. The molecule has 29 heavy (non-hydrogen) atoms. The fourth-order valence-corrected chi connectivity index (χ4v) is 3.15. The van der Waals surface area contributed by atoms with Gasteiger partial charge in [0.2, 0.25) is 0 Å². The Kier molecular flexibility index (Phi) is 4.75. The van der Waals surface area contributed by atoms with Crippen molar-refractivity contribution in [2.45, 2.75) is 12.7 Å². The minimum atomic E-state index is -4.36. The van der Waals surface area contributed by atoms with Crippen LogP contribution in [0.3, 0.4) is 0 Å². The Morgan fingerprint density at radius 1 is 1.07 bits per heavy atom. The summed E-state index contributed by atoms with van der Waals surface area (Å²) < 4.78 is 40.2. The topological polar surface area (TPSA) is 58.1 Å². The van der Waals surface area contributed by atoms with Gasteiger partial charge in [0.15, 0.2) is 0 Å². The van der Waals surface area contributed by atoms with E-state index in [1.165, 1.54) is 12.1 Å². The maximum Gasteiger partial charge on any atom is 0.416 e. The van der Waals surface area contributed by atoms with Crippen LogP contribution in [0.15, 0.2) is 78.8 Å². The number of hydrogen-bond acceptors (Lipinski definition) is 3. The van der Waals surface area contributed by atoms with Crippen LogP contribution in [0.5, 0.6) is 0 Å². The molecule has 0 radical (unpaired) electrons. The predicted molar refractivity (Wildman–Crippen MR) is 105 cm³/mol. The number of carbonyl (C=O) groups is 1. The van der Waals surface area contributed by atoms with E-state index in [0.717, 1.165) is 28.6 Å². The molecule has 0 fully saturated rings. The number of hydrazine groups is 1. The first-order valence-electron chi connectivity index (χ1n) is 8.85. The third kappa shape index (κ3) is 3.96. The van der Waals surface area contributed by atoms with Crippen molar-refractivity contribution in [1.29, 1.82) is 0 Å². The summed E-state index contributed by atoms with van der Waals surface area (Å²) in [6.07, 6.45) is 2.44. The Balaban J connectivity index is 1.61. The SMILES string of the molecule is O=C(Nc1cn(Cc2ccc(C(F)(F)F)cc2)c2ccccc12)C1=CC=CNN1. The van der Waals surface area contributed by atoms with E-state index in [4.69, 9.17) is 0 Å². The molecule has 0 saturated heterocycles. The number of para-hydroxylation sites is 1. The van der Waals surface area contributed by atoms with Crippen molar-refractivity contribution in [3.8, 4) is 0 Å². The molecule has 0 saturated carbocycles. The third-order valence-electron chi connectivity index (χ3n) is 4.56. The first kappa shape index (κ1) is 18.7. The van der Waals surface area contributed by atoms with Gasteiger partial charge in [-0.1, -0.05) is 30.3 Å². The van der Waals surface area contributed by atoms with Gasteiger partial charge in [-0.05, 0) is 35.9 Å². The predicted octanol–water partition coefficient (Wildman–Crippen LogP) is 4.15. The standard InChI is InChI=1S/C21H17F3N4O/c22-21(23,24)15-9-7-14(8-10-15)12-28-13-18(16-4-1-2-6-19(16)28)26-20(29)17-5-3-11-25-27-17/h1-11,13,25,27H,12H2,(H,26,29). The van der Waals surface area contributed by atoms with Crippen LogP contribution in [0.25, 0.3) is 10.9 Å². The molecule has 2 aromatic carbocycles. The highest BCUT2D eigenvalue weighted by Gasteiger charge is 2.29. The Labute approximate surface area is 164 Å². The van der Waals surface area contributed by atoms with Crippen LogP contribution in [-0.4, -0.2) is 10.5 Å². The van der Waals surface area contributed by atoms with Crippen molar-refractivity contribution in [3.63, 3.8) is 0 Å². The zero-order chi connectivity index (χ0) is 20.4. The summed E-state index contributed by atoms with van der Waals surface area (Å²) in [4.78, 5) is 12.5. The van der Waals surface area contributed by atoms with Crippen LogP contribution < -0.4 is 16.2 Å². The first-order valence-corrected chi connectivity index (χ1v) is 8.85. The lowest BCUT2D eigenvalue weighted by atomic mass is 10.1. The number of nitrogens with one attached hydrogen (secondary N) is 3. The third-order valence-corrected chi connectivity index (χ3v) is 4.56. The van der Waals surface area contributed by atoms with Crippen LogP contribution in [0.1, 0.15) is 11.1 Å². The van der Waals surface area contributed by atoms with Crippen molar-refractivity contribution in [1.82, 2.24) is 15.4 Å². The highest BCUT2D eigenvalue weighted by Crippen LogP contribution is 2.30. The van der Waals surface area contributed by atoms with E-state index in [2.05, 4.69) is 16.2 Å². The monoisotopic (exact) mass is 398 g/mol. The van der Waals surface area contributed by atoms with Gasteiger partial charge < -0.3 is 15.3 Å². The first-order chi connectivity index (χ1) is 13.9. The zero-order valence-corrected chi connectivity index (χ0v) is 15.1. The molecule has 0 bridgehead atoms. The second-order valence-corrected chi connectivity index (χ2v) is 6.55. The second kappa shape index (κ2) is 7.38. The molecule has 1 aromatic heterocycles. The van der Waals surface area contributed by atoms with Gasteiger partial charge in [0.05, 0.1) is 16.8 Å². The van der Waals surface area contributed by atoms with E-state index < -0.39 is 11.7 Å². The fourth-order valence-electron chi connectivity index (χ4n) is 3.15. The molecule has 1 aliphatic rings. The summed E-state index contributed by atoms with van der Waals surface area (Å²) in [5.41, 5.74) is 7.41. The Morgan fingerprint density at radius 3 is 2.52 bits per heavy atom. The minimum absolute atomic E-state index is 0.306. The van der Waals surface area contributed by atoms with Gasteiger partial charge in [-0.25, -0.2) is 0 Å². The van der Waals surface area contributed by atoms with Crippen molar-refractivity contribution in [2.75, 3.05) is 5.32 Å². The highest BCUT2D eigenvalue weighted by molar-refractivity contribution is 6.08. The van der Waals surface area contributed by atoms with E-state index >= 15 is 0 Å². The van der Waals surface area contributed by atoms with Crippen molar-refractivity contribution in [2.24, 2.45) is 0 Å². The number of hydrogen-bond donors (Lipinski definition) is 3. The summed E-state index contributed by atoms with van der Waals surface area (Å²) >= 11 is 0. The van der Waals surface area contributed by atoms with Crippen LogP contribution >= 0.6 is 0 Å². The Morgan fingerprint density at radius 2 is 1.83 bits per heavy atom. The lowest BCUT2D eigenvalue weighted by Crippen LogP contribution is -2.34. The average Bonchev–Trinajstić information content (AvgIpc) is 3.06. The molecule has 0 atom stereocenters. The number of allylic oxidation sites excluding steroid dienone is 2. The van der Waals surface area contributed by atoms with E-state index in [-0.39, 0.29) is 5.91 Å². The normalized spacial score (nSPS) is 13.6. The average molecular weight is 398 g/mol. The molecular formula is C21H17F3N4O. The second-order valence-electron chi connectivity index (χ2n) is 6.55. The summed E-state index contributed by atoms with van der Waals surface area (Å²) in [6, 6.07) is 12.6. The Bertz CT molecular complexity index is 1110. The summed E-state index contributed by atoms with van der Waals surface area (Å²) in [6.45, 7) is 0.375. The van der Waals surface area contributed by atoms with Crippen molar-refractivity contribution in [3.05, 3.63) is 89.9 Å². The van der Waals surface area contributed by atoms with Crippen LogP contribution in [0, 0.1) is 0 Å². The van der Waals surface area contributed by atoms with Gasteiger partial charge >= 0.3 is 6.18 Å². The molecule has 3 aromatic rings. The molecule has 8 heteroatoms. The zero-order valence-electron chi connectivity index (χ0n) is 15.1. The number of benzene rings is 2. The molecule has 1 amide bonds.